The first kappa shape index (κ1) is 18.0. The molecule has 0 heterocycles. The molecule has 3 aromatic carbocycles. The van der Waals surface area contributed by atoms with Gasteiger partial charge in [0.05, 0.1) is 22.5 Å². The van der Waals surface area contributed by atoms with Crippen molar-refractivity contribution < 1.29 is 14.7 Å². The number of amides is 1. The Morgan fingerprint density at radius 1 is 0.778 bits per heavy atom. The van der Waals surface area contributed by atoms with Crippen molar-refractivity contribution in [1.29, 1.82) is 0 Å². The van der Waals surface area contributed by atoms with Crippen LogP contribution in [0.15, 0.2) is 83.0 Å². The quantitative estimate of drug-likeness (QED) is 0.601. The predicted octanol–water partition coefficient (Wildman–Crippen LogP) is 5.36. The summed E-state index contributed by atoms with van der Waals surface area (Å²) >= 11 is 0. The third-order valence-corrected chi connectivity index (χ3v) is 3.84. The molecule has 0 aromatic heterocycles. The van der Waals surface area contributed by atoms with E-state index in [9.17, 15) is 14.7 Å². The van der Waals surface area contributed by atoms with Crippen molar-refractivity contribution in [2.75, 3.05) is 5.32 Å². The molecular formula is C21H17N3O3. The van der Waals surface area contributed by atoms with Crippen molar-refractivity contribution >= 4 is 28.9 Å². The molecule has 0 aliphatic carbocycles. The zero-order valence-electron chi connectivity index (χ0n) is 14.6. The number of carbonyl (C=O) groups excluding carboxylic acids is 1. The lowest BCUT2D eigenvalue weighted by molar-refractivity contribution is 0.0692. The zero-order chi connectivity index (χ0) is 19.2. The number of azo groups is 1. The van der Waals surface area contributed by atoms with Gasteiger partial charge in [-0.2, -0.15) is 10.2 Å². The number of benzene rings is 3. The Bertz CT molecular complexity index is 994. The van der Waals surface area contributed by atoms with Crippen LogP contribution in [0.5, 0.6) is 0 Å². The number of hydrogen-bond acceptors (Lipinski definition) is 4. The summed E-state index contributed by atoms with van der Waals surface area (Å²) in [5.74, 6) is -1.63. The number of anilines is 1. The molecule has 6 heteroatoms. The minimum Gasteiger partial charge on any atom is -0.478 e. The number of aromatic carboxylic acids is 1. The highest BCUT2D eigenvalue weighted by molar-refractivity contribution is 6.10. The van der Waals surface area contributed by atoms with Gasteiger partial charge in [-0.25, -0.2) is 4.79 Å². The fourth-order valence-corrected chi connectivity index (χ4v) is 2.40. The van der Waals surface area contributed by atoms with E-state index in [1.165, 1.54) is 12.1 Å². The highest BCUT2D eigenvalue weighted by Gasteiger charge is 2.15. The van der Waals surface area contributed by atoms with Gasteiger partial charge in [-0.3, -0.25) is 4.79 Å². The first-order valence-corrected chi connectivity index (χ1v) is 8.25. The largest absolute Gasteiger partial charge is 0.478 e. The summed E-state index contributed by atoms with van der Waals surface area (Å²) in [4.78, 5) is 23.6. The molecule has 0 bridgehead atoms. The van der Waals surface area contributed by atoms with Gasteiger partial charge in [-0.05, 0) is 55.5 Å². The van der Waals surface area contributed by atoms with Crippen LogP contribution in [0.3, 0.4) is 0 Å². The minimum atomic E-state index is -1.15. The summed E-state index contributed by atoms with van der Waals surface area (Å²) in [6, 6.07) is 20.6. The average Bonchev–Trinajstić information content (AvgIpc) is 2.68. The molecule has 0 fully saturated rings. The molecule has 134 valence electrons. The number of nitrogens with zero attached hydrogens (tertiary/aromatic N) is 2. The van der Waals surface area contributed by atoms with Crippen molar-refractivity contribution in [1.82, 2.24) is 0 Å². The normalized spacial score (nSPS) is 10.7. The fourth-order valence-electron chi connectivity index (χ4n) is 2.40. The first-order valence-electron chi connectivity index (χ1n) is 8.25. The van der Waals surface area contributed by atoms with Gasteiger partial charge in [-0.1, -0.05) is 29.8 Å². The molecule has 3 rings (SSSR count). The number of rotatable bonds is 5. The molecule has 0 saturated carbocycles. The van der Waals surface area contributed by atoms with E-state index < -0.39 is 11.9 Å². The van der Waals surface area contributed by atoms with Gasteiger partial charge in [0.2, 0.25) is 0 Å². The highest BCUT2D eigenvalue weighted by atomic mass is 16.4. The highest BCUT2D eigenvalue weighted by Crippen LogP contribution is 2.21. The van der Waals surface area contributed by atoms with Crippen LogP contribution in [0.2, 0.25) is 0 Å². The third kappa shape index (κ3) is 4.64. The first-order chi connectivity index (χ1) is 13.0. The molecule has 0 aliphatic heterocycles. The Balaban J connectivity index is 1.70. The van der Waals surface area contributed by atoms with Crippen LogP contribution in [-0.4, -0.2) is 17.0 Å². The summed E-state index contributed by atoms with van der Waals surface area (Å²) in [5.41, 5.74) is 3.14. The summed E-state index contributed by atoms with van der Waals surface area (Å²) in [6.07, 6.45) is 0. The standard InChI is InChI=1S/C21H17N3O3/c1-14-6-8-16(9-7-14)23-24-17-12-10-15(11-13-17)22-20(25)18-4-2-3-5-19(18)21(26)27/h2-13H,1H3,(H,22,25)(H,26,27). The van der Waals surface area contributed by atoms with Crippen LogP contribution in [0.1, 0.15) is 26.3 Å². The monoisotopic (exact) mass is 359 g/mol. The molecule has 0 radical (unpaired) electrons. The second-order valence-electron chi connectivity index (χ2n) is 5.89. The fraction of sp³-hybridized carbons (Fsp3) is 0.0476. The van der Waals surface area contributed by atoms with Crippen LogP contribution in [0.4, 0.5) is 17.1 Å². The molecule has 1 amide bonds. The average molecular weight is 359 g/mol. The van der Waals surface area contributed by atoms with Gasteiger partial charge >= 0.3 is 5.97 Å². The number of hydrogen-bond donors (Lipinski definition) is 2. The predicted molar refractivity (Wildman–Crippen MR) is 103 cm³/mol. The van der Waals surface area contributed by atoms with Crippen molar-refractivity contribution in [3.05, 3.63) is 89.5 Å². The number of nitrogens with one attached hydrogen (secondary N) is 1. The van der Waals surface area contributed by atoms with Crippen LogP contribution in [0.25, 0.3) is 0 Å². The lowest BCUT2D eigenvalue weighted by atomic mass is 10.1. The second-order valence-corrected chi connectivity index (χ2v) is 5.89. The van der Waals surface area contributed by atoms with Gasteiger partial charge in [0.1, 0.15) is 0 Å². The molecule has 6 nitrogen and oxygen atoms in total. The van der Waals surface area contributed by atoms with Crippen molar-refractivity contribution in [2.24, 2.45) is 10.2 Å². The Labute approximate surface area is 156 Å². The van der Waals surface area contributed by atoms with Gasteiger partial charge in [0, 0.05) is 5.69 Å². The van der Waals surface area contributed by atoms with E-state index in [1.54, 1.807) is 36.4 Å². The van der Waals surface area contributed by atoms with E-state index >= 15 is 0 Å². The van der Waals surface area contributed by atoms with Crippen LogP contribution in [0, 0.1) is 6.92 Å². The van der Waals surface area contributed by atoms with E-state index in [0.29, 0.717) is 11.4 Å². The molecule has 2 N–H and O–H groups in total. The SMILES string of the molecule is Cc1ccc(N=Nc2ccc(NC(=O)c3ccccc3C(=O)O)cc2)cc1. The van der Waals surface area contributed by atoms with Crippen LogP contribution in [-0.2, 0) is 0 Å². The summed E-state index contributed by atoms with van der Waals surface area (Å²) < 4.78 is 0. The molecule has 0 unspecified atom stereocenters. The van der Waals surface area contributed by atoms with Crippen LogP contribution < -0.4 is 5.32 Å². The minimum absolute atomic E-state index is 0.0430. The lowest BCUT2D eigenvalue weighted by Gasteiger charge is -2.07. The number of aryl methyl sites for hydroxylation is 1. The molecule has 0 atom stereocenters. The maximum absolute atomic E-state index is 12.3. The van der Waals surface area contributed by atoms with Gasteiger partial charge in [0.25, 0.3) is 5.91 Å². The molecule has 0 aliphatic rings. The maximum Gasteiger partial charge on any atom is 0.336 e. The van der Waals surface area contributed by atoms with Crippen molar-refractivity contribution in [3.63, 3.8) is 0 Å². The topological polar surface area (TPSA) is 91.1 Å². The summed E-state index contributed by atoms with van der Waals surface area (Å²) in [6.45, 7) is 2.00. The van der Waals surface area contributed by atoms with Gasteiger partial charge in [0.15, 0.2) is 0 Å². The molecule has 27 heavy (non-hydrogen) atoms. The van der Waals surface area contributed by atoms with E-state index in [4.69, 9.17) is 0 Å². The van der Waals surface area contributed by atoms with Crippen molar-refractivity contribution in [3.8, 4) is 0 Å². The Morgan fingerprint density at radius 2 is 1.30 bits per heavy atom. The molecular weight excluding hydrogens is 342 g/mol. The van der Waals surface area contributed by atoms with Gasteiger partial charge in [-0.15, -0.1) is 0 Å². The number of carboxylic acid groups (broad SMARTS) is 1. The Morgan fingerprint density at radius 3 is 1.85 bits per heavy atom. The van der Waals surface area contributed by atoms with Gasteiger partial charge < -0.3 is 10.4 Å². The number of carboxylic acids is 1. The summed E-state index contributed by atoms with van der Waals surface area (Å²) in [5, 5.41) is 20.2. The van der Waals surface area contributed by atoms with E-state index in [0.717, 1.165) is 11.3 Å². The molecule has 3 aromatic rings. The van der Waals surface area contributed by atoms with Crippen LogP contribution >= 0.6 is 0 Å². The van der Waals surface area contributed by atoms with E-state index in [-0.39, 0.29) is 11.1 Å². The molecule has 0 spiro atoms. The number of carbonyl (C=O) groups is 2. The Kier molecular flexibility index (Phi) is 5.37. The Hall–Kier alpha value is -3.80. The second kappa shape index (κ2) is 8.05. The smallest absolute Gasteiger partial charge is 0.336 e. The zero-order valence-corrected chi connectivity index (χ0v) is 14.6. The van der Waals surface area contributed by atoms with E-state index in [2.05, 4.69) is 15.5 Å². The van der Waals surface area contributed by atoms with Crippen molar-refractivity contribution in [2.45, 2.75) is 6.92 Å². The lowest BCUT2D eigenvalue weighted by Crippen LogP contribution is -2.16. The maximum atomic E-state index is 12.3. The summed E-state index contributed by atoms with van der Waals surface area (Å²) in [7, 11) is 0. The third-order valence-electron chi connectivity index (χ3n) is 3.84. The molecule has 0 saturated heterocycles. The van der Waals surface area contributed by atoms with E-state index in [1.807, 2.05) is 31.2 Å².